The van der Waals surface area contributed by atoms with Crippen LogP contribution in [0.4, 0.5) is 14.5 Å². The fraction of sp³-hybridized carbons (Fsp3) is 0.562. The highest BCUT2D eigenvalue weighted by Gasteiger charge is 2.48. The first-order valence-electron chi connectivity index (χ1n) is 7.98. The number of nitrogens with two attached hydrogens (primary N) is 1. The van der Waals surface area contributed by atoms with Crippen LogP contribution >= 0.6 is 0 Å². The van der Waals surface area contributed by atoms with Crippen LogP contribution in [-0.2, 0) is 4.74 Å². The number of halogens is 2. The van der Waals surface area contributed by atoms with E-state index in [4.69, 9.17) is 5.73 Å². The number of hydrogen-bond acceptors (Lipinski definition) is 6. The van der Waals surface area contributed by atoms with Crippen molar-refractivity contribution in [1.82, 2.24) is 9.88 Å². The Kier molecular flexibility index (Phi) is 6.62. The van der Waals surface area contributed by atoms with Gasteiger partial charge in [-0.25, -0.2) is 23.6 Å². The third-order valence-electron chi connectivity index (χ3n) is 3.47. The lowest BCUT2D eigenvalue weighted by Crippen LogP contribution is -2.40. The van der Waals surface area contributed by atoms with E-state index in [0.717, 1.165) is 0 Å². The molecule has 0 saturated carbocycles. The standard InChI is InChI=1S/C12H12F2N4O2.2C2H6/c1-20-10(19)7-2-6-8(4-16-7)17-11(15)18-5-12(13,14)3-9(6)18;2*1-2/h2,4,9H,3,5H2,1H3,(H2,15,17);2*1-2H3. The molecule has 0 aromatic carbocycles. The van der Waals surface area contributed by atoms with Crippen molar-refractivity contribution in [3.63, 3.8) is 0 Å². The fourth-order valence-corrected chi connectivity index (χ4v) is 2.56. The van der Waals surface area contributed by atoms with Crippen LogP contribution in [0.2, 0.25) is 0 Å². The van der Waals surface area contributed by atoms with Gasteiger partial charge in [0.2, 0.25) is 0 Å². The highest BCUT2D eigenvalue weighted by atomic mass is 19.3. The van der Waals surface area contributed by atoms with Gasteiger partial charge >= 0.3 is 5.97 Å². The molecule has 1 fully saturated rings. The summed E-state index contributed by atoms with van der Waals surface area (Å²) in [4.78, 5) is 20.8. The van der Waals surface area contributed by atoms with Crippen LogP contribution in [0.1, 0.15) is 56.2 Å². The smallest absolute Gasteiger partial charge is 0.356 e. The molecule has 2 aliphatic rings. The monoisotopic (exact) mass is 342 g/mol. The predicted octanol–water partition coefficient (Wildman–Crippen LogP) is 3.26. The van der Waals surface area contributed by atoms with Crippen LogP contribution < -0.4 is 5.73 Å². The van der Waals surface area contributed by atoms with Gasteiger partial charge in [-0.05, 0) is 6.07 Å². The number of alkyl halides is 2. The second kappa shape index (κ2) is 8.03. The van der Waals surface area contributed by atoms with E-state index in [-0.39, 0.29) is 18.1 Å². The normalized spacial score (nSPS) is 19.5. The molecule has 2 N–H and O–H groups in total. The van der Waals surface area contributed by atoms with E-state index in [0.29, 0.717) is 11.3 Å². The lowest BCUT2D eigenvalue weighted by molar-refractivity contribution is 0.0164. The van der Waals surface area contributed by atoms with Crippen molar-refractivity contribution in [3.05, 3.63) is 23.5 Å². The van der Waals surface area contributed by atoms with Gasteiger partial charge in [0.1, 0.15) is 5.69 Å². The Balaban J connectivity index is 0.000000671. The zero-order chi connectivity index (χ0) is 18.5. The van der Waals surface area contributed by atoms with Gasteiger partial charge in [0, 0.05) is 12.0 Å². The number of pyridine rings is 1. The maximum atomic E-state index is 13.6. The number of carbonyl (C=O) groups is 1. The van der Waals surface area contributed by atoms with Crippen molar-refractivity contribution >= 4 is 17.6 Å². The average molecular weight is 342 g/mol. The van der Waals surface area contributed by atoms with Gasteiger partial charge in [0.15, 0.2) is 5.96 Å². The third-order valence-corrected chi connectivity index (χ3v) is 3.47. The van der Waals surface area contributed by atoms with Crippen molar-refractivity contribution < 1.29 is 18.3 Å². The molecule has 8 heteroatoms. The molecular weight excluding hydrogens is 318 g/mol. The molecule has 1 atom stereocenters. The molecule has 6 nitrogen and oxygen atoms in total. The van der Waals surface area contributed by atoms with Crippen molar-refractivity contribution in [3.8, 4) is 0 Å². The first-order chi connectivity index (χ1) is 11.4. The molecule has 0 amide bonds. The van der Waals surface area contributed by atoms with Crippen LogP contribution in [0.5, 0.6) is 0 Å². The fourth-order valence-electron chi connectivity index (χ4n) is 2.56. The molecule has 2 aliphatic heterocycles. The number of guanidine groups is 1. The topological polar surface area (TPSA) is 80.8 Å². The maximum Gasteiger partial charge on any atom is 0.356 e. The van der Waals surface area contributed by atoms with Gasteiger partial charge < -0.3 is 15.4 Å². The van der Waals surface area contributed by atoms with E-state index < -0.39 is 24.5 Å². The lowest BCUT2D eigenvalue weighted by Gasteiger charge is -2.29. The second-order valence-corrected chi connectivity index (χ2v) is 4.79. The van der Waals surface area contributed by atoms with Crippen molar-refractivity contribution in [2.45, 2.75) is 46.1 Å². The lowest BCUT2D eigenvalue weighted by atomic mass is 10.0. The summed E-state index contributed by atoms with van der Waals surface area (Å²) in [6.45, 7) is 7.53. The number of carbonyl (C=O) groups excluding carboxylic acids is 1. The number of aromatic nitrogens is 1. The van der Waals surface area contributed by atoms with Gasteiger partial charge in [-0.3, -0.25) is 0 Å². The van der Waals surface area contributed by atoms with E-state index in [1.807, 2.05) is 27.7 Å². The summed E-state index contributed by atoms with van der Waals surface area (Å²) in [5.41, 5.74) is 6.70. The molecule has 1 aromatic rings. The first-order valence-corrected chi connectivity index (χ1v) is 7.98. The van der Waals surface area contributed by atoms with E-state index in [1.54, 1.807) is 0 Å². The van der Waals surface area contributed by atoms with Crippen LogP contribution in [0, 0.1) is 0 Å². The number of fused-ring (bicyclic) bond motifs is 3. The molecule has 24 heavy (non-hydrogen) atoms. The van der Waals surface area contributed by atoms with E-state index in [1.165, 1.54) is 24.3 Å². The molecule has 0 aliphatic carbocycles. The number of rotatable bonds is 1. The summed E-state index contributed by atoms with van der Waals surface area (Å²) in [6.07, 6.45) is 0.989. The maximum absolute atomic E-state index is 13.6. The summed E-state index contributed by atoms with van der Waals surface area (Å²) >= 11 is 0. The van der Waals surface area contributed by atoms with Crippen molar-refractivity contribution in [1.29, 1.82) is 0 Å². The van der Waals surface area contributed by atoms with Gasteiger partial charge in [0.25, 0.3) is 5.92 Å². The van der Waals surface area contributed by atoms with Gasteiger partial charge in [-0.15, -0.1) is 0 Å². The molecule has 0 radical (unpaired) electrons. The van der Waals surface area contributed by atoms with Crippen LogP contribution in [0.3, 0.4) is 0 Å². The first kappa shape index (κ1) is 19.8. The second-order valence-electron chi connectivity index (χ2n) is 4.79. The Morgan fingerprint density at radius 1 is 1.38 bits per heavy atom. The number of methoxy groups -OCH3 is 1. The third kappa shape index (κ3) is 3.80. The zero-order valence-corrected chi connectivity index (χ0v) is 14.6. The number of ether oxygens (including phenoxy) is 1. The highest BCUT2D eigenvalue weighted by molar-refractivity contribution is 5.89. The molecule has 134 valence electrons. The Morgan fingerprint density at radius 3 is 2.58 bits per heavy atom. The van der Waals surface area contributed by atoms with Crippen molar-refractivity contribution in [2.75, 3.05) is 13.7 Å². The van der Waals surface area contributed by atoms with Gasteiger partial charge in [-0.1, -0.05) is 27.7 Å². The summed E-state index contributed by atoms with van der Waals surface area (Å²) in [7, 11) is 1.23. The Hall–Kier alpha value is -2.25. The summed E-state index contributed by atoms with van der Waals surface area (Å²) in [6, 6.07) is 0.847. The number of nitrogens with zero attached hydrogens (tertiary/aromatic N) is 3. The quantitative estimate of drug-likeness (QED) is 0.792. The predicted molar refractivity (Wildman–Crippen MR) is 88.6 cm³/mol. The zero-order valence-electron chi connectivity index (χ0n) is 14.6. The number of esters is 1. The minimum atomic E-state index is -2.83. The molecular formula is C16H24F2N4O2. The molecule has 0 spiro atoms. The molecule has 3 rings (SSSR count). The SMILES string of the molecule is CC.CC.COC(=O)c1cc2c(cn1)N=C(N)N1CC(F)(F)CC21. The summed E-state index contributed by atoms with van der Waals surface area (Å²) in [5, 5.41) is 0. The molecule has 0 bridgehead atoms. The Bertz CT molecular complexity index is 620. The van der Waals surface area contributed by atoms with Crippen LogP contribution in [0.25, 0.3) is 0 Å². The molecule has 3 heterocycles. The number of aliphatic imine (C=N–C) groups is 1. The number of hydrogen-bond donors (Lipinski definition) is 1. The largest absolute Gasteiger partial charge is 0.464 e. The minimum absolute atomic E-state index is 0.0484. The average Bonchev–Trinajstić information content (AvgIpc) is 2.94. The Morgan fingerprint density at radius 2 is 2.00 bits per heavy atom. The summed E-state index contributed by atoms with van der Waals surface area (Å²) < 4.78 is 31.7. The van der Waals surface area contributed by atoms with Gasteiger partial charge in [0.05, 0.1) is 31.6 Å². The van der Waals surface area contributed by atoms with Crippen LogP contribution in [-0.4, -0.2) is 41.4 Å². The molecule has 1 unspecified atom stereocenters. The van der Waals surface area contributed by atoms with E-state index in [9.17, 15) is 13.6 Å². The van der Waals surface area contributed by atoms with Crippen LogP contribution in [0.15, 0.2) is 17.3 Å². The minimum Gasteiger partial charge on any atom is -0.464 e. The van der Waals surface area contributed by atoms with E-state index in [2.05, 4.69) is 14.7 Å². The van der Waals surface area contributed by atoms with Gasteiger partial charge in [-0.2, -0.15) is 0 Å². The molecule has 1 saturated heterocycles. The van der Waals surface area contributed by atoms with Crippen molar-refractivity contribution in [2.24, 2.45) is 10.7 Å². The van der Waals surface area contributed by atoms with E-state index >= 15 is 0 Å². The Labute approximate surface area is 140 Å². The molecule has 1 aromatic heterocycles. The summed E-state index contributed by atoms with van der Waals surface area (Å²) in [5.74, 6) is -3.40. The highest BCUT2D eigenvalue weighted by Crippen LogP contribution is 2.45.